The average Bonchev–Trinajstić information content (AvgIpc) is 3.06. The van der Waals surface area contributed by atoms with Gasteiger partial charge in [-0.1, -0.05) is 23.7 Å². The third-order valence-corrected chi connectivity index (χ3v) is 4.83. The predicted octanol–water partition coefficient (Wildman–Crippen LogP) is 3.35. The number of methoxy groups -OCH3 is 1. The molecule has 3 rings (SSSR count). The normalized spacial score (nSPS) is 11.5. The highest BCUT2D eigenvalue weighted by atomic mass is 35.5. The molecule has 3 aromatic rings. The summed E-state index contributed by atoms with van der Waals surface area (Å²) in [4.78, 5) is 25.1. The highest BCUT2D eigenvalue weighted by molar-refractivity contribution is 6.30. The van der Waals surface area contributed by atoms with Gasteiger partial charge in [0.1, 0.15) is 6.54 Å². The summed E-state index contributed by atoms with van der Waals surface area (Å²) in [6.07, 6.45) is -4.47. The van der Waals surface area contributed by atoms with Crippen LogP contribution in [0.5, 0.6) is 0 Å². The van der Waals surface area contributed by atoms with Gasteiger partial charge in [0.15, 0.2) is 5.82 Å². The van der Waals surface area contributed by atoms with Crippen LogP contribution in [0.3, 0.4) is 0 Å². The Morgan fingerprint density at radius 3 is 2.56 bits per heavy atom. The van der Waals surface area contributed by atoms with Crippen LogP contribution in [0.2, 0.25) is 5.02 Å². The number of nitrogens with one attached hydrogen (secondary N) is 1. The number of carbonyl (C=O) groups excluding carboxylic acids is 1. The van der Waals surface area contributed by atoms with E-state index in [1.807, 2.05) is 0 Å². The van der Waals surface area contributed by atoms with Crippen LogP contribution in [0.15, 0.2) is 53.3 Å². The lowest BCUT2D eigenvalue weighted by atomic mass is 10.1. The summed E-state index contributed by atoms with van der Waals surface area (Å²) in [7, 11) is 1.50. The Bertz CT molecular complexity index is 1140. The molecule has 0 bridgehead atoms. The van der Waals surface area contributed by atoms with Crippen molar-refractivity contribution >= 4 is 17.5 Å². The minimum Gasteiger partial charge on any atom is -0.383 e. The molecule has 1 heterocycles. The Balaban J connectivity index is 1.76. The molecule has 0 radical (unpaired) electrons. The molecule has 0 aliphatic carbocycles. The number of alkyl halides is 3. The maximum Gasteiger partial charge on any atom is 0.416 e. The summed E-state index contributed by atoms with van der Waals surface area (Å²) in [5.74, 6) is -0.224. The van der Waals surface area contributed by atoms with E-state index >= 15 is 0 Å². The Morgan fingerprint density at radius 1 is 1.19 bits per heavy atom. The smallest absolute Gasteiger partial charge is 0.383 e. The van der Waals surface area contributed by atoms with Crippen LogP contribution in [-0.2, 0) is 35.3 Å². The monoisotopic (exact) mass is 468 g/mol. The fourth-order valence-electron chi connectivity index (χ4n) is 2.99. The van der Waals surface area contributed by atoms with Crippen LogP contribution in [0, 0.1) is 0 Å². The predicted molar refractivity (Wildman–Crippen MR) is 112 cm³/mol. The highest BCUT2D eigenvalue weighted by Gasteiger charge is 2.30. The molecule has 32 heavy (non-hydrogen) atoms. The SMILES string of the molecule is COCCn1c(-c2ccc(Cl)cc2)nn(CC(=O)NCc2cccc(C(F)(F)F)c2)c1=O. The standard InChI is InChI=1S/C21H20ClF3N4O3/c1-32-10-9-28-19(15-5-7-17(22)8-6-15)27-29(20(28)31)13-18(30)26-12-14-3-2-4-16(11-14)21(23,24)25/h2-8,11H,9-10,12-13H2,1H3,(H,26,30). The van der Waals surface area contributed by atoms with Crippen molar-refractivity contribution in [3.05, 3.63) is 75.2 Å². The van der Waals surface area contributed by atoms with E-state index in [0.717, 1.165) is 16.8 Å². The lowest BCUT2D eigenvalue weighted by molar-refractivity contribution is -0.137. The molecule has 0 saturated carbocycles. The van der Waals surface area contributed by atoms with Crippen molar-refractivity contribution in [2.45, 2.75) is 25.8 Å². The van der Waals surface area contributed by atoms with Crippen molar-refractivity contribution in [1.82, 2.24) is 19.7 Å². The number of carbonyl (C=O) groups is 1. The molecule has 0 spiro atoms. The Labute approximate surface area is 186 Å². The summed E-state index contributed by atoms with van der Waals surface area (Å²) in [5, 5.41) is 7.30. The van der Waals surface area contributed by atoms with Gasteiger partial charge in [-0.3, -0.25) is 9.36 Å². The van der Waals surface area contributed by atoms with E-state index in [-0.39, 0.29) is 25.3 Å². The van der Waals surface area contributed by atoms with Crippen LogP contribution in [0.4, 0.5) is 13.2 Å². The summed E-state index contributed by atoms with van der Waals surface area (Å²) < 4.78 is 45.9. The first-order valence-corrected chi connectivity index (χ1v) is 9.92. The molecular weight excluding hydrogens is 449 g/mol. The largest absolute Gasteiger partial charge is 0.416 e. The number of ether oxygens (including phenoxy) is 1. The molecule has 1 amide bonds. The first-order valence-electron chi connectivity index (χ1n) is 9.54. The van der Waals surface area contributed by atoms with E-state index in [1.165, 1.54) is 23.8 Å². The van der Waals surface area contributed by atoms with E-state index in [9.17, 15) is 22.8 Å². The van der Waals surface area contributed by atoms with Crippen LogP contribution in [0.1, 0.15) is 11.1 Å². The van der Waals surface area contributed by atoms with Gasteiger partial charge in [0.2, 0.25) is 5.91 Å². The number of nitrogens with zero attached hydrogens (tertiary/aromatic N) is 3. The van der Waals surface area contributed by atoms with Crippen LogP contribution >= 0.6 is 11.6 Å². The maximum absolute atomic E-state index is 12.8. The third kappa shape index (κ3) is 5.77. The van der Waals surface area contributed by atoms with Gasteiger partial charge in [0.25, 0.3) is 0 Å². The van der Waals surface area contributed by atoms with Crippen LogP contribution < -0.4 is 11.0 Å². The number of aromatic nitrogens is 3. The maximum atomic E-state index is 12.8. The zero-order valence-corrected chi connectivity index (χ0v) is 17.8. The molecule has 0 saturated heterocycles. The number of amides is 1. The highest BCUT2D eigenvalue weighted by Crippen LogP contribution is 2.29. The summed E-state index contributed by atoms with van der Waals surface area (Å²) in [5.41, 5.74) is -0.398. The molecule has 0 fully saturated rings. The first-order chi connectivity index (χ1) is 15.2. The molecular formula is C21H20ClF3N4O3. The third-order valence-electron chi connectivity index (χ3n) is 4.58. The number of benzene rings is 2. The van der Waals surface area contributed by atoms with Gasteiger partial charge in [-0.15, -0.1) is 5.10 Å². The number of hydrogen-bond donors (Lipinski definition) is 1. The van der Waals surface area contributed by atoms with Crippen molar-refractivity contribution in [1.29, 1.82) is 0 Å². The second-order valence-electron chi connectivity index (χ2n) is 6.89. The van der Waals surface area contributed by atoms with Gasteiger partial charge >= 0.3 is 11.9 Å². The molecule has 1 aromatic heterocycles. The zero-order valence-electron chi connectivity index (χ0n) is 17.0. The Morgan fingerprint density at radius 2 is 1.91 bits per heavy atom. The number of halogens is 4. The summed E-state index contributed by atoms with van der Waals surface area (Å²) >= 11 is 5.92. The van der Waals surface area contributed by atoms with Crippen molar-refractivity contribution in [3.63, 3.8) is 0 Å². The van der Waals surface area contributed by atoms with Crippen LogP contribution in [0.25, 0.3) is 11.4 Å². The van der Waals surface area contributed by atoms with E-state index in [1.54, 1.807) is 24.3 Å². The second kappa shape index (κ2) is 10.0. The molecule has 7 nitrogen and oxygen atoms in total. The zero-order chi connectivity index (χ0) is 23.3. The van der Waals surface area contributed by atoms with Crippen molar-refractivity contribution < 1.29 is 22.7 Å². The molecule has 11 heteroatoms. The van der Waals surface area contributed by atoms with E-state index in [0.29, 0.717) is 16.4 Å². The van der Waals surface area contributed by atoms with E-state index < -0.39 is 29.9 Å². The molecule has 0 aliphatic rings. The molecule has 0 aliphatic heterocycles. The number of rotatable bonds is 8. The minimum absolute atomic E-state index is 0.119. The van der Waals surface area contributed by atoms with Crippen molar-refractivity contribution in [3.8, 4) is 11.4 Å². The molecule has 170 valence electrons. The average molecular weight is 469 g/mol. The number of hydrogen-bond acceptors (Lipinski definition) is 4. The first kappa shape index (κ1) is 23.6. The van der Waals surface area contributed by atoms with Gasteiger partial charge in [0, 0.05) is 24.2 Å². The van der Waals surface area contributed by atoms with Gasteiger partial charge in [0.05, 0.1) is 18.7 Å². The fraction of sp³-hybridized carbons (Fsp3) is 0.286. The summed E-state index contributed by atoms with van der Waals surface area (Å²) in [6.45, 7) is -0.0304. The Hall–Kier alpha value is -3.11. The molecule has 0 atom stereocenters. The van der Waals surface area contributed by atoms with E-state index in [4.69, 9.17) is 16.3 Å². The second-order valence-corrected chi connectivity index (χ2v) is 7.33. The van der Waals surface area contributed by atoms with Gasteiger partial charge in [-0.25, -0.2) is 9.48 Å². The lowest BCUT2D eigenvalue weighted by Gasteiger charge is -2.09. The quantitative estimate of drug-likeness (QED) is 0.550. The minimum atomic E-state index is -4.47. The van der Waals surface area contributed by atoms with Crippen LogP contribution in [-0.4, -0.2) is 34.0 Å². The Kier molecular flexibility index (Phi) is 7.37. The van der Waals surface area contributed by atoms with Crippen molar-refractivity contribution in [2.75, 3.05) is 13.7 Å². The fourth-order valence-corrected chi connectivity index (χ4v) is 3.12. The van der Waals surface area contributed by atoms with Gasteiger partial charge in [-0.05, 0) is 42.0 Å². The molecule has 1 N–H and O–H groups in total. The van der Waals surface area contributed by atoms with Gasteiger partial charge < -0.3 is 10.1 Å². The van der Waals surface area contributed by atoms with Gasteiger partial charge in [-0.2, -0.15) is 13.2 Å². The summed E-state index contributed by atoms with van der Waals surface area (Å²) in [6, 6.07) is 11.4. The molecule has 0 unspecified atom stereocenters. The topological polar surface area (TPSA) is 78.2 Å². The lowest BCUT2D eigenvalue weighted by Crippen LogP contribution is -2.33. The van der Waals surface area contributed by atoms with Crippen molar-refractivity contribution in [2.24, 2.45) is 0 Å². The molecule has 2 aromatic carbocycles. The van der Waals surface area contributed by atoms with E-state index in [2.05, 4.69) is 10.4 Å².